The second-order valence-electron chi connectivity index (χ2n) is 6.82. The highest BCUT2D eigenvalue weighted by atomic mass is 16.5. The van der Waals surface area contributed by atoms with E-state index in [4.69, 9.17) is 18.3 Å². The molecule has 2 aromatic heterocycles. The third kappa shape index (κ3) is 5.02. The topological polar surface area (TPSA) is 96.0 Å². The number of hydrogen-bond donors (Lipinski definition) is 0. The van der Waals surface area contributed by atoms with Crippen LogP contribution in [-0.4, -0.2) is 17.7 Å². The van der Waals surface area contributed by atoms with Crippen molar-refractivity contribution in [2.45, 2.75) is 13.2 Å². The molecule has 0 aliphatic rings. The van der Waals surface area contributed by atoms with Gasteiger partial charge in [0.15, 0.2) is 5.78 Å². The van der Waals surface area contributed by atoms with Crippen molar-refractivity contribution >= 4 is 17.7 Å². The van der Waals surface area contributed by atoms with Gasteiger partial charge in [-0.2, -0.15) is 0 Å². The molecule has 0 aliphatic carbocycles. The molecule has 0 bridgehead atoms. The van der Waals surface area contributed by atoms with E-state index in [2.05, 4.69) is 0 Å². The minimum absolute atomic E-state index is 0.104. The van der Waals surface area contributed by atoms with Crippen molar-refractivity contribution in [2.75, 3.05) is 0 Å². The van der Waals surface area contributed by atoms with Crippen LogP contribution < -0.4 is 0 Å². The number of hydrogen-bond acceptors (Lipinski definition) is 7. The van der Waals surface area contributed by atoms with Crippen LogP contribution in [0.25, 0.3) is 0 Å². The van der Waals surface area contributed by atoms with Crippen molar-refractivity contribution in [2.24, 2.45) is 0 Å². The van der Waals surface area contributed by atoms with Crippen molar-refractivity contribution in [3.63, 3.8) is 0 Å². The number of benzene rings is 2. The first-order chi connectivity index (χ1) is 15.6. The summed E-state index contributed by atoms with van der Waals surface area (Å²) in [4.78, 5) is 36.7. The van der Waals surface area contributed by atoms with Gasteiger partial charge in [0.1, 0.15) is 37.3 Å². The standard InChI is InChI=1S/C25H18O7/c26-23(19-11-21(29-13-19)15-31-24(27)17-7-3-1-4-8-17)20-12-22(30-14-20)16-32-25(28)18-9-5-2-6-10-18/h1-14H,15-16H2. The van der Waals surface area contributed by atoms with Crippen molar-refractivity contribution in [3.05, 3.63) is 119 Å². The summed E-state index contributed by atoms with van der Waals surface area (Å²) in [6.07, 6.45) is 2.58. The molecular weight excluding hydrogens is 412 g/mol. The Bertz CT molecular complexity index is 1120. The molecular formula is C25H18O7. The third-order valence-electron chi connectivity index (χ3n) is 4.54. The van der Waals surface area contributed by atoms with Gasteiger partial charge in [0.2, 0.25) is 0 Å². The summed E-state index contributed by atoms with van der Waals surface area (Å²) in [5.74, 6) is -0.645. The quantitative estimate of drug-likeness (QED) is 0.292. The Labute approximate surface area is 183 Å². The molecule has 0 saturated carbocycles. The van der Waals surface area contributed by atoms with E-state index in [1.807, 2.05) is 0 Å². The number of furan rings is 2. The summed E-state index contributed by atoms with van der Waals surface area (Å²) in [6, 6.07) is 20.1. The zero-order valence-corrected chi connectivity index (χ0v) is 16.9. The summed E-state index contributed by atoms with van der Waals surface area (Å²) < 4.78 is 21.1. The summed E-state index contributed by atoms with van der Waals surface area (Å²) in [5.41, 5.74) is 1.41. The molecule has 4 rings (SSSR count). The van der Waals surface area contributed by atoms with E-state index in [1.54, 1.807) is 60.7 Å². The lowest BCUT2D eigenvalue weighted by molar-refractivity contribution is 0.0437. The minimum Gasteiger partial charge on any atom is -0.465 e. The van der Waals surface area contributed by atoms with Crippen LogP contribution in [0.3, 0.4) is 0 Å². The molecule has 160 valence electrons. The number of rotatable bonds is 8. The van der Waals surface area contributed by atoms with Gasteiger partial charge in [-0.15, -0.1) is 0 Å². The highest BCUT2D eigenvalue weighted by Gasteiger charge is 2.17. The maximum atomic E-state index is 12.7. The molecule has 0 unspecified atom stereocenters. The fourth-order valence-electron chi connectivity index (χ4n) is 2.91. The molecule has 0 aliphatic heterocycles. The second-order valence-corrected chi connectivity index (χ2v) is 6.82. The van der Waals surface area contributed by atoms with Crippen LogP contribution in [0.15, 0.2) is 94.2 Å². The van der Waals surface area contributed by atoms with Gasteiger partial charge in [-0.1, -0.05) is 36.4 Å². The van der Waals surface area contributed by atoms with Crippen LogP contribution in [-0.2, 0) is 22.7 Å². The molecule has 0 amide bonds. The molecule has 2 aromatic carbocycles. The smallest absolute Gasteiger partial charge is 0.338 e. The summed E-state index contributed by atoms with van der Waals surface area (Å²) in [6.45, 7) is -0.208. The van der Waals surface area contributed by atoms with Crippen molar-refractivity contribution in [3.8, 4) is 0 Å². The van der Waals surface area contributed by atoms with Gasteiger partial charge >= 0.3 is 11.9 Å². The molecule has 7 nitrogen and oxygen atoms in total. The van der Waals surface area contributed by atoms with Crippen LogP contribution in [0.1, 0.15) is 48.2 Å². The molecule has 0 spiro atoms. The van der Waals surface area contributed by atoms with E-state index in [1.165, 1.54) is 24.7 Å². The number of carbonyl (C=O) groups is 3. The molecule has 0 saturated heterocycles. The van der Waals surface area contributed by atoms with E-state index < -0.39 is 11.9 Å². The van der Waals surface area contributed by atoms with E-state index >= 15 is 0 Å². The van der Waals surface area contributed by atoms with Crippen LogP contribution >= 0.6 is 0 Å². The normalized spacial score (nSPS) is 10.5. The van der Waals surface area contributed by atoms with Crippen LogP contribution in [0.2, 0.25) is 0 Å². The van der Waals surface area contributed by atoms with Gasteiger partial charge in [0.05, 0.1) is 22.3 Å². The predicted molar refractivity (Wildman–Crippen MR) is 112 cm³/mol. The van der Waals surface area contributed by atoms with Crippen LogP contribution in [0.4, 0.5) is 0 Å². The number of ketones is 1. The van der Waals surface area contributed by atoms with Gasteiger partial charge in [0.25, 0.3) is 0 Å². The van der Waals surface area contributed by atoms with Gasteiger partial charge in [-0.3, -0.25) is 4.79 Å². The average molecular weight is 430 g/mol. The van der Waals surface area contributed by atoms with Gasteiger partial charge in [-0.25, -0.2) is 9.59 Å². The lowest BCUT2D eigenvalue weighted by Gasteiger charge is -2.02. The van der Waals surface area contributed by atoms with Gasteiger partial charge in [-0.05, 0) is 36.4 Å². The first-order valence-electron chi connectivity index (χ1n) is 9.74. The van der Waals surface area contributed by atoms with Gasteiger partial charge in [0, 0.05) is 0 Å². The highest BCUT2D eigenvalue weighted by molar-refractivity contribution is 6.08. The third-order valence-corrected chi connectivity index (χ3v) is 4.54. The zero-order chi connectivity index (χ0) is 22.3. The van der Waals surface area contributed by atoms with Crippen molar-refractivity contribution in [1.82, 2.24) is 0 Å². The Morgan fingerprint density at radius 2 is 1.00 bits per heavy atom. The largest absolute Gasteiger partial charge is 0.465 e. The fraction of sp³-hybridized carbons (Fsp3) is 0.0800. The number of carbonyl (C=O) groups excluding carboxylic acids is 3. The molecule has 0 radical (unpaired) electrons. The summed E-state index contributed by atoms with van der Waals surface area (Å²) >= 11 is 0. The molecule has 4 aromatic rings. The Balaban J connectivity index is 1.32. The molecule has 0 fully saturated rings. The average Bonchev–Trinajstić information content (AvgIpc) is 3.52. The SMILES string of the molecule is O=C(OCc1cc(C(=O)c2coc(COC(=O)c3ccccc3)c2)co1)c1ccccc1. The van der Waals surface area contributed by atoms with E-state index in [9.17, 15) is 14.4 Å². The Hall–Kier alpha value is -4.39. The lowest BCUT2D eigenvalue weighted by Crippen LogP contribution is -2.04. The molecule has 0 N–H and O–H groups in total. The van der Waals surface area contributed by atoms with Crippen molar-refractivity contribution < 1.29 is 32.7 Å². The second kappa shape index (κ2) is 9.61. The summed E-state index contributed by atoms with van der Waals surface area (Å²) in [5, 5.41) is 0. The maximum absolute atomic E-state index is 12.7. The molecule has 32 heavy (non-hydrogen) atoms. The first-order valence-corrected chi connectivity index (χ1v) is 9.74. The van der Waals surface area contributed by atoms with E-state index in [-0.39, 0.29) is 30.1 Å². The fourth-order valence-corrected chi connectivity index (χ4v) is 2.91. The Kier molecular flexibility index (Phi) is 6.27. The van der Waals surface area contributed by atoms with Crippen LogP contribution in [0, 0.1) is 0 Å². The maximum Gasteiger partial charge on any atom is 0.338 e. The zero-order valence-electron chi connectivity index (χ0n) is 16.9. The molecule has 7 heteroatoms. The molecule has 0 atom stereocenters. The van der Waals surface area contributed by atoms with Gasteiger partial charge < -0.3 is 18.3 Å². The van der Waals surface area contributed by atoms with E-state index in [0.29, 0.717) is 22.6 Å². The molecule has 2 heterocycles. The summed E-state index contributed by atoms with van der Waals surface area (Å²) in [7, 11) is 0. The lowest BCUT2D eigenvalue weighted by atomic mass is 10.1. The highest BCUT2D eigenvalue weighted by Crippen LogP contribution is 2.18. The van der Waals surface area contributed by atoms with Crippen molar-refractivity contribution in [1.29, 1.82) is 0 Å². The predicted octanol–water partition coefficient (Wildman–Crippen LogP) is 4.82. The number of ether oxygens (including phenoxy) is 2. The number of esters is 2. The minimum atomic E-state index is -0.487. The van der Waals surface area contributed by atoms with Crippen LogP contribution in [0.5, 0.6) is 0 Å². The monoisotopic (exact) mass is 430 g/mol. The Morgan fingerprint density at radius 1 is 0.594 bits per heavy atom. The van der Waals surface area contributed by atoms with E-state index in [0.717, 1.165) is 0 Å². The Morgan fingerprint density at radius 3 is 1.41 bits per heavy atom. The first kappa shape index (κ1) is 20.9.